The number of carbonyl (C=O) groups is 1. The molecule has 0 radical (unpaired) electrons. The second kappa shape index (κ2) is 5.44. The number of aromatic nitrogens is 1. The van der Waals surface area contributed by atoms with Gasteiger partial charge in [0, 0.05) is 17.4 Å². The first-order valence-corrected chi connectivity index (χ1v) is 7.05. The molecule has 3 rings (SSSR count). The number of H-pyrrole nitrogens is 1. The van der Waals surface area contributed by atoms with Crippen LogP contribution in [0.15, 0.2) is 48.7 Å². The van der Waals surface area contributed by atoms with Crippen molar-refractivity contribution in [3.63, 3.8) is 0 Å². The number of anilines is 1. The molecule has 106 valence electrons. The lowest BCUT2D eigenvalue weighted by atomic mass is 10.1. The number of amides is 1. The number of benzene rings is 2. The lowest BCUT2D eigenvalue weighted by Crippen LogP contribution is -2.15. The maximum atomic E-state index is 12.2. The number of aromatic amines is 1. The van der Waals surface area contributed by atoms with Gasteiger partial charge in [0.25, 0.3) is 0 Å². The average Bonchev–Trinajstić information content (AvgIpc) is 2.90. The number of fused-ring (bicyclic) bond motifs is 1. The van der Waals surface area contributed by atoms with Crippen molar-refractivity contribution < 1.29 is 4.79 Å². The molecule has 0 saturated heterocycles. The Morgan fingerprint density at radius 1 is 1.10 bits per heavy atom. The van der Waals surface area contributed by atoms with Crippen LogP contribution in [0.4, 0.5) is 5.69 Å². The van der Waals surface area contributed by atoms with E-state index in [0.29, 0.717) is 6.42 Å². The highest BCUT2D eigenvalue weighted by Gasteiger charge is 2.07. The fourth-order valence-electron chi connectivity index (χ4n) is 2.46. The summed E-state index contributed by atoms with van der Waals surface area (Å²) in [5, 5.41) is 4.13. The molecular weight excluding hydrogens is 260 g/mol. The first-order valence-electron chi connectivity index (χ1n) is 7.05. The van der Waals surface area contributed by atoms with Gasteiger partial charge in [-0.05, 0) is 60.2 Å². The van der Waals surface area contributed by atoms with Crippen molar-refractivity contribution in [2.45, 2.75) is 20.3 Å². The molecule has 3 aromatic rings. The second-order valence-electron chi connectivity index (χ2n) is 5.44. The molecule has 0 aliphatic carbocycles. The van der Waals surface area contributed by atoms with Gasteiger partial charge in [-0.1, -0.05) is 18.2 Å². The van der Waals surface area contributed by atoms with Crippen LogP contribution < -0.4 is 5.32 Å². The van der Waals surface area contributed by atoms with Gasteiger partial charge in [0.2, 0.25) is 5.91 Å². The highest BCUT2D eigenvalue weighted by atomic mass is 16.1. The predicted octanol–water partition coefficient (Wildman–Crippen LogP) is 3.97. The molecule has 1 heterocycles. The van der Waals surface area contributed by atoms with Gasteiger partial charge in [0.15, 0.2) is 0 Å². The number of carbonyl (C=O) groups excluding carboxylic acids is 1. The third kappa shape index (κ3) is 2.97. The summed E-state index contributed by atoms with van der Waals surface area (Å²) in [6, 6.07) is 14.1. The van der Waals surface area contributed by atoms with E-state index in [1.807, 2.05) is 56.4 Å². The van der Waals surface area contributed by atoms with Gasteiger partial charge in [-0.3, -0.25) is 4.79 Å². The third-order valence-corrected chi connectivity index (χ3v) is 3.65. The van der Waals surface area contributed by atoms with E-state index >= 15 is 0 Å². The van der Waals surface area contributed by atoms with Gasteiger partial charge < -0.3 is 10.3 Å². The van der Waals surface area contributed by atoms with E-state index in [4.69, 9.17) is 0 Å². The summed E-state index contributed by atoms with van der Waals surface area (Å²) in [5.74, 6) is 0.0126. The SMILES string of the molecule is Cc1ccc(C)c(NC(=O)Cc2ccc3[nH]ccc3c2)c1. The Labute approximate surface area is 124 Å². The lowest BCUT2D eigenvalue weighted by Gasteiger charge is -2.09. The van der Waals surface area contributed by atoms with Crippen molar-refractivity contribution in [3.8, 4) is 0 Å². The predicted molar refractivity (Wildman–Crippen MR) is 86.5 cm³/mol. The van der Waals surface area contributed by atoms with Gasteiger partial charge in [0.05, 0.1) is 6.42 Å². The second-order valence-corrected chi connectivity index (χ2v) is 5.44. The number of rotatable bonds is 3. The van der Waals surface area contributed by atoms with Crippen molar-refractivity contribution >= 4 is 22.5 Å². The lowest BCUT2D eigenvalue weighted by molar-refractivity contribution is -0.115. The van der Waals surface area contributed by atoms with Crippen LogP contribution in [-0.2, 0) is 11.2 Å². The van der Waals surface area contributed by atoms with Crippen LogP contribution in [0.25, 0.3) is 10.9 Å². The topological polar surface area (TPSA) is 44.9 Å². The van der Waals surface area contributed by atoms with Crippen molar-refractivity contribution in [1.29, 1.82) is 0 Å². The molecule has 0 aliphatic heterocycles. The van der Waals surface area contributed by atoms with Crippen LogP contribution in [-0.4, -0.2) is 10.9 Å². The minimum absolute atomic E-state index is 0.0126. The Balaban J connectivity index is 1.75. The van der Waals surface area contributed by atoms with E-state index < -0.39 is 0 Å². The van der Waals surface area contributed by atoms with Crippen molar-refractivity contribution in [1.82, 2.24) is 4.98 Å². The Morgan fingerprint density at radius 3 is 2.81 bits per heavy atom. The number of hydrogen-bond donors (Lipinski definition) is 2. The first-order chi connectivity index (χ1) is 10.1. The zero-order valence-electron chi connectivity index (χ0n) is 12.2. The smallest absolute Gasteiger partial charge is 0.228 e. The normalized spacial score (nSPS) is 10.8. The molecule has 0 atom stereocenters. The van der Waals surface area contributed by atoms with Crippen LogP contribution in [0.1, 0.15) is 16.7 Å². The molecule has 0 unspecified atom stereocenters. The molecule has 0 saturated carbocycles. The molecule has 21 heavy (non-hydrogen) atoms. The molecule has 2 aromatic carbocycles. The van der Waals surface area contributed by atoms with Crippen LogP contribution in [0.2, 0.25) is 0 Å². The Bertz CT molecular complexity index is 802. The summed E-state index contributed by atoms with van der Waals surface area (Å²) in [5.41, 5.74) is 5.22. The molecular formula is C18H18N2O. The fourth-order valence-corrected chi connectivity index (χ4v) is 2.46. The maximum absolute atomic E-state index is 12.2. The third-order valence-electron chi connectivity index (χ3n) is 3.65. The Hall–Kier alpha value is -2.55. The van der Waals surface area contributed by atoms with Crippen LogP contribution in [0.5, 0.6) is 0 Å². The summed E-state index contributed by atoms with van der Waals surface area (Å²) in [7, 11) is 0. The van der Waals surface area contributed by atoms with E-state index in [1.54, 1.807) is 0 Å². The summed E-state index contributed by atoms with van der Waals surface area (Å²) < 4.78 is 0. The Kier molecular flexibility index (Phi) is 3.48. The molecule has 1 aromatic heterocycles. The molecule has 3 nitrogen and oxygen atoms in total. The molecule has 0 aliphatic rings. The van der Waals surface area contributed by atoms with E-state index in [-0.39, 0.29) is 5.91 Å². The largest absolute Gasteiger partial charge is 0.361 e. The quantitative estimate of drug-likeness (QED) is 0.748. The molecule has 3 heteroatoms. The zero-order valence-corrected chi connectivity index (χ0v) is 12.2. The molecule has 2 N–H and O–H groups in total. The van der Waals surface area contributed by atoms with Gasteiger partial charge >= 0.3 is 0 Å². The van der Waals surface area contributed by atoms with E-state index in [2.05, 4.69) is 16.4 Å². The Morgan fingerprint density at radius 2 is 1.95 bits per heavy atom. The number of hydrogen-bond acceptors (Lipinski definition) is 1. The van der Waals surface area contributed by atoms with Crippen LogP contribution in [0.3, 0.4) is 0 Å². The molecule has 1 amide bonds. The molecule has 0 fully saturated rings. The zero-order chi connectivity index (χ0) is 14.8. The van der Waals surface area contributed by atoms with E-state index in [0.717, 1.165) is 33.3 Å². The van der Waals surface area contributed by atoms with Gasteiger partial charge in [0.1, 0.15) is 0 Å². The monoisotopic (exact) mass is 278 g/mol. The van der Waals surface area contributed by atoms with Crippen molar-refractivity contribution in [2.75, 3.05) is 5.32 Å². The van der Waals surface area contributed by atoms with Gasteiger partial charge in [-0.25, -0.2) is 0 Å². The number of nitrogens with one attached hydrogen (secondary N) is 2. The average molecular weight is 278 g/mol. The number of aryl methyl sites for hydroxylation is 2. The minimum atomic E-state index is 0.0126. The van der Waals surface area contributed by atoms with Gasteiger partial charge in [-0.15, -0.1) is 0 Å². The first kappa shape index (κ1) is 13.4. The standard InChI is InChI=1S/C18H18N2O/c1-12-3-4-13(2)17(9-12)20-18(21)11-14-5-6-16-15(10-14)7-8-19-16/h3-10,19H,11H2,1-2H3,(H,20,21). The van der Waals surface area contributed by atoms with E-state index in [1.165, 1.54) is 0 Å². The maximum Gasteiger partial charge on any atom is 0.228 e. The van der Waals surface area contributed by atoms with Crippen molar-refractivity contribution in [3.05, 3.63) is 65.4 Å². The summed E-state index contributed by atoms with van der Waals surface area (Å²) in [6.45, 7) is 4.02. The van der Waals surface area contributed by atoms with Gasteiger partial charge in [-0.2, -0.15) is 0 Å². The van der Waals surface area contributed by atoms with Crippen LogP contribution in [0, 0.1) is 13.8 Å². The summed E-state index contributed by atoms with van der Waals surface area (Å²) in [6.07, 6.45) is 2.29. The van der Waals surface area contributed by atoms with E-state index in [9.17, 15) is 4.79 Å². The fraction of sp³-hybridized carbons (Fsp3) is 0.167. The molecule has 0 bridgehead atoms. The molecule has 0 spiro atoms. The minimum Gasteiger partial charge on any atom is -0.361 e. The highest BCUT2D eigenvalue weighted by Crippen LogP contribution is 2.18. The highest BCUT2D eigenvalue weighted by molar-refractivity contribution is 5.93. The summed E-state index contributed by atoms with van der Waals surface area (Å²) >= 11 is 0. The summed E-state index contributed by atoms with van der Waals surface area (Å²) in [4.78, 5) is 15.4. The van der Waals surface area contributed by atoms with Crippen molar-refractivity contribution in [2.24, 2.45) is 0 Å². The van der Waals surface area contributed by atoms with Crippen LogP contribution >= 0.6 is 0 Å².